The van der Waals surface area contributed by atoms with E-state index in [2.05, 4.69) is 5.32 Å². The minimum atomic E-state index is -1.18. The monoisotopic (exact) mass is 287 g/mol. The van der Waals surface area contributed by atoms with Crippen LogP contribution in [0.1, 0.15) is 12.5 Å². The maximum atomic E-state index is 10.7. The van der Waals surface area contributed by atoms with Gasteiger partial charge in [0.1, 0.15) is 5.75 Å². The van der Waals surface area contributed by atoms with Crippen molar-refractivity contribution in [2.24, 2.45) is 0 Å². The molecule has 0 aliphatic rings. The Bertz CT molecular complexity index is 370. The summed E-state index contributed by atoms with van der Waals surface area (Å²) in [5.74, 6) is -1.11. The molecule has 0 saturated heterocycles. The number of para-hydroxylation sites is 1. The first-order valence-corrected chi connectivity index (χ1v) is 4.86. The van der Waals surface area contributed by atoms with E-state index < -0.39 is 18.1 Å². The van der Waals surface area contributed by atoms with E-state index >= 15 is 0 Å². The van der Waals surface area contributed by atoms with Gasteiger partial charge in [0, 0.05) is 6.10 Å². The van der Waals surface area contributed by atoms with E-state index in [1.54, 1.807) is 18.2 Å². The van der Waals surface area contributed by atoms with Crippen molar-refractivity contribution in [2.75, 3.05) is 0 Å². The number of carboxylic acid groups (broad SMARTS) is 1. The van der Waals surface area contributed by atoms with E-state index in [1.807, 2.05) is 0 Å². The second-order valence-electron chi connectivity index (χ2n) is 3.49. The topological polar surface area (TPSA) is 91.9 Å². The van der Waals surface area contributed by atoms with Crippen LogP contribution in [-0.4, -0.2) is 33.4 Å². The van der Waals surface area contributed by atoms with Gasteiger partial charge in [-0.15, -0.1) is 6.54 Å². The molecule has 0 fully saturated rings. The van der Waals surface area contributed by atoms with Gasteiger partial charge >= 0.3 is 17.1 Å². The number of hydrogen-bond donors (Lipinski definition) is 3. The molecule has 3 N–H and O–H groups in total. The number of rotatable bonds is 5. The molecule has 0 unspecified atom stereocenters. The molecule has 1 aromatic carbocycles. The Hall–Kier alpha value is -1.07. The number of aliphatic hydroxyl groups is 1. The number of benzene rings is 1. The average Bonchev–Trinajstić information content (AvgIpc) is 2.20. The molecule has 0 amide bonds. The zero-order valence-corrected chi connectivity index (χ0v) is 10.1. The molecule has 0 radical (unpaired) electrons. The third-order valence-corrected chi connectivity index (χ3v) is 2.16. The SMILES string of the molecule is C[C@@H](O)[C@H]([N-]Cc1ccccc1O)C(=O)O.[Cu+]. The van der Waals surface area contributed by atoms with Gasteiger partial charge in [-0.05, 0) is 24.6 Å². The number of nitrogens with zero attached hydrogens (tertiary/aromatic N) is 1. The van der Waals surface area contributed by atoms with Crippen molar-refractivity contribution in [3.05, 3.63) is 35.1 Å². The van der Waals surface area contributed by atoms with E-state index in [0.717, 1.165) is 0 Å². The fourth-order valence-electron chi connectivity index (χ4n) is 1.28. The molecule has 2 atom stereocenters. The van der Waals surface area contributed by atoms with Gasteiger partial charge in [0.25, 0.3) is 5.97 Å². The summed E-state index contributed by atoms with van der Waals surface area (Å²) in [5, 5.41) is 31.2. The minimum absolute atomic E-state index is 0. The van der Waals surface area contributed by atoms with Gasteiger partial charge < -0.3 is 20.6 Å². The van der Waals surface area contributed by atoms with Crippen LogP contribution in [0.4, 0.5) is 0 Å². The van der Waals surface area contributed by atoms with Gasteiger partial charge in [-0.3, -0.25) is 4.79 Å². The van der Waals surface area contributed by atoms with Crippen LogP contribution >= 0.6 is 0 Å². The standard InChI is InChI=1S/C11H14NO4.Cu/c1-7(13)10(11(15)16)12-6-8-4-2-3-5-9(8)14;/h2-5,7,10,13-14H,6H2,1H3,(H,15,16);/q-1;+1/t7-,10+;/m1./s1. The summed E-state index contributed by atoms with van der Waals surface area (Å²) in [4.78, 5) is 10.7. The number of phenolic OH excluding ortho intramolecular Hbond substituents is 1. The van der Waals surface area contributed by atoms with Crippen LogP contribution in [-0.2, 0) is 28.4 Å². The molecule has 0 bridgehead atoms. The number of aromatic hydroxyl groups is 1. The summed E-state index contributed by atoms with van der Waals surface area (Å²) in [6.45, 7) is 1.43. The summed E-state index contributed by atoms with van der Waals surface area (Å²) in [6.07, 6.45) is -1.05. The predicted octanol–water partition coefficient (Wildman–Crippen LogP) is 1.10. The minimum Gasteiger partial charge on any atom is -0.644 e. The van der Waals surface area contributed by atoms with Crippen LogP contribution in [0.15, 0.2) is 24.3 Å². The molecule has 6 heteroatoms. The molecule has 98 valence electrons. The van der Waals surface area contributed by atoms with Gasteiger partial charge in [0.2, 0.25) is 0 Å². The van der Waals surface area contributed by atoms with Crippen molar-refractivity contribution < 1.29 is 37.2 Å². The number of aliphatic carboxylic acids is 1. The Labute approximate surface area is 110 Å². The fraction of sp³-hybridized carbons (Fsp3) is 0.364. The zero-order chi connectivity index (χ0) is 12.1. The molecule has 17 heavy (non-hydrogen) atoms. The normalized spacial score (nSPS) is 13.5. The molecule has 0 aromatic heterocycles. The van der Waals surface area contributed by atoms with Crippen molar-refractivity contribution in [1.82, 2.24) is 0 Å². The van der Waals surface area contributed by atoms with Crippen molar-refractivity contribution in [3.8, 4) is 5.75 Å². The summed E-state index contributed by atoms with van der Waals surface area (Å²) in [6, 6.07) is 5.38. The first-order chi connectivity index (χ1) is 7.52. The number of carboxylic acids is 1. The van der Waals surface area contributed by atoms with Crippen LogP contribution in [0.3, 0.4) is 0 Å². The second-order valence-corrected chi connectivity index (χ2v) is 3.49. The molecule has 0 spiro atoms. The van der Waals surface area contributed by atoms with Gasteiger partial charge in [-0.1, -0.05) is 18.2 Å². The molecule has 0 aliphatic heterocycles. The van der Waals surface area contributed by atoms with Crippen LogP contribution < -0.4 is 0 Å². The molecule has 1 rings (SSSR count). The quantitative estimate of drug-likeness (QED) is 0.707. The summed E-state index contributed by atoms with van der Waals surface area (Å²) in [5.41, 5.74) is 0.536. The van der Waals surface area contributed by atoms with Crippen LogP contribution in [0.2, 0.25) is 0 Å². The summed E-state index contributed by atoms with van der Waals surface area (Å²) in [7, 11) is 0. The maximum absolute atomic E-state index is 10.7. The summed E-state index contributed by atoms with van der Waals surface area (Å²) < 4.78 is 0. The molecule has 5 nitrogen and oxygen atoms in total. The van der Waals surface area contributed by atoms with Crippen molar-refractivity contribution >= 4 is 5.97 Å². The van der Waals surface area contributed by atoms with Crippen molar-refractivity contribution in [2.45, 2.75) is 25.6 Å². The molecule has 1 aromatic rings. The Morgan fingerprint density at radius 1 is 1.41 bits per heavy atom. The maximum Gasteiger partial charge on any atom is 1.00 e. The molecular weight excluding hydrogens is 274 g/mol. The van der Waals surface area contributed by atoms with E-state index in [4.69, 9.17) is 5.11 Å². The average molecular weight is 288 g/mol. The van der Waals surface area contributed by atoms with Gasteiger partial charge in [0.15, 0.2) is 0 Å². The van der Waals surface area contributed by atoms with Gasteiger partial charge in [-0.25, -0.2) is 0 Å². The van der Waals surface area contributed by atoms with Crippen LogP contribution in [0, 0.1) is 0 Å². The zero-order valence-electron chi connectivity index (χ0n) is 9.17. The summed E-state index contributed by atoms with van der Waals surface area (Å²) >= 11 is 0. The first kappa shape index (κ1) is 15.9. The third kappa shape index (κ3) is 4.75. The number of carbonyl (C=O) groups is 1. The van der Waals surface area contributed by atoms with Crippen LogP contribution in [0.25, 0.3) is 5.32 Å². The Kier molecular flexibility index (Phi) is 6.83. The van der Waals surface area contributed by atoms with Crippen molar-refractivity contribution in [1.29, 1.82) is 0 Å². The first-order valence-electron chi connectivity index (χ1n) is 4.86. The number of aliphatic hydroxyl groups excluding tert-OH is 1. The predicted molar refractivity (Wildman–Crippen MR) is 58.3 cm³/mol. The van der Waals surface area contributed by atoms with E-state index in [-0.39, 0.29) is 29.4 Å². The Morgan fingerprint density at radius 2 is 2.00 bits per heavy atom. The third-order valence-electron chi connectivity index (χ3n) is 2.16. The van der Waals surface area contributed by atoms with Gasteiger partial charge in [0.05, 0.1) is 0 Å². The Morgan fingerprint density at radius 3 is 2.47 bits per heavy atom. The number of phenols is 1. The van der Waals surface area contributed by atoms with Crippen LogP contribution in [0.5, 0.6) is 5.75 Å². The van der Waals surface area contributed by atoms with E-state index in [1.165, 1.54) is 13.0 Å². The Balaban J connectivity index is 0.00000256. The van der Waals surface area contributed by atoms with Crippen molar-refractivity contribution in [3.63, 3.8) is 0 Å². The molecule has 0 saturated carbocycles. The van der Waals surface area contributed by atoms with E-state index in [0.29, 0.717) is 5.56 Å². The molecule has 0 aliphatic carbocycles. The largest absolute Gasteiger partial charge is 1.00 e. The molecule has 0 heterocycles. The fourth-order valence-corrected chi connectivity index (χ4v) is 1.28. The number of hydrogen-bond acceptors (Lipinski definition) is 3. The van der Waals surface area contributed by atoms with Gasteiger partial charge in [-0.2, -0.15) is 0 Å². The second kappa shape index (κ2) is 7.29. The van der Waals surface area contributed by atoms with E-state index in [9.17, 15) is 15.0 Å². The smallest absolute Gasteiger partial charge is 0.644 e. The molecular formula is C11H14CuNO4.